The predicted octanol–water partition coefficient (Wildman–Crippen LogP) is 1.16. The van der Waals surface area contributed by atoms with Gasteiger partial charge in [-0.25, -0.2) is 8.42 Å². The van der Waals surface area contributed by atoms with Crippen LogP contribution in [0.5, 0.6) is 0 Å². The van der Waals surface area contributed by atoms with E-state index in [-0.39, 0.29) is 13.2 Å². The van der Waals surface area contributed by atoms with Crippen LogP contribution in [-0.2, 0) is 23.9 Å². The minimum atomic E-state index is -3.29. The van der Waals surface area contributed by atoms with Crippen molar-refractivity contribution in [3.8, 4) is 0 Å². The van der Waals surface area contributed by atoms with E-state index in [1.54, 1.807) is 24.3 Å². The molecule has 0 aliphatic carbocycles. The lowest BCUT2D eigenvalue weighted by Crippen LogP contribution is -2.41. The number of ether oxygens (including phenoxy) is 1. The van der Waals surface area contributed by atoms with Crippen LogP contribution in [-0.4, -0.2) is 45.2 Å². The van der Waals surface area contributed by atoms with E-state index in [4.69, 9.17) is 14.0 Å². The van der Waals surface area contributed by atoms with E-state index in [0.717, 1.165) is 5.46 Å². The van der Waals surface area contributed by atoms with Gasteiger partial charge in [-0.1, -0.05) is 12.1 Å². The first kappa shape index (κ1) is 16.0. The molecule has 120 valence electrons. The fraction of sp³-hybridized carbons (Fsp3) is 0.600. The molecule has 0 saturated carbocycles. The molecule has 0 atom stereocenters. The van der Waals surface area contributed by atoms with E-state index in [0.29, 0.717) is 4.90 Å². The third-order valence-electron chi connectivity index (χ3n) is 4.78. The zero-order valence-electron chi connectivity index (χ0n) is 13.3. The van der Waals surface area contributed by atoms with Gasteiger partial charge in [0.15, 0.2) is 9.84 Å². The largest absolute Gasteiger partial charge is 0.494 e. The minimum Gasteiger partial charge on any atom is -0.399 e. The Kier molecular flexibility index (Phi) is 3.68. The van der Waals surface area contributed by atoms with Crippen LogP contribution in [0.1, 0.15) is 27.7 Å². The molecule has 2 saturated heterocycles. The number of sulfone groups is 1. The first-order chi connectivity index (χ1) is 10.1. The summed E-state index contributed by atoms with van der Waals surface area (Å²) in [5.74, 6) is 0. The first-order valence-corrected chi connectivity index (χ1v) is 8.95. The van der Waals surface area contributed by atoms with Crippen LogP contribution < -0.4 is 5.46 Å². The SMILES string of the molecule is CC1(C)OB(c2ccc(S(=O)(=O)C3COC3)cc2)OC1(C)C. The molecule has 0 bridgehead atoms. The second-order valence-electron chi connectivity index (χ2n) is 6.86. The van der Waals surface area contributed by atoms with Crippen molar-refractivity contribution in [2.75, 3.05) is 13.2 Å². The second-order valence-corrected chi connectivity index (χ2v) is 9.09. The maximum absolute atomic E-state index is 12.3. The summed E-state index contributed by atoms with van der Waals surface area (Å²) in [6.45, 7) is 8.51. The Morgan fingerprint density at radius 3 is 1.91 bits per heavy atom. The molecule has 2 heterocycles. The highest BCUT2D eigenvalue weighted by molar-refractivity contribution is 7.92. The molecule has 1 aromatic carbocycles. The van der Waals surface area contributed by atoms with Crippen molar-refractivity contribution in [1.82, 2.24) is 0 Å². The van der Waals surface area contributed by atoms with Gasteiger partial charge in [0.05, 0.1) is 29.3 Å². The van der Waals surface area contributed by atoms with Gasteiger partial charge in [0.1, 0.15) is 5.25 Å². The first-order valence-electron chi connectivity index (χ1n) is 7.41. The third kappa shape index (κ3) is 2.50. The fourth-order valence-electron chi connectivity index (χ4n) is 2.38. The molecule has 0 amide bonds. The van der Waals surface area contributed by atoms with Crippen LogP contribution >= 0.6 is 0 Å². The van der Waals surface area contributed by atoms with Crippen LogP contribution in [0, 0.1) is 0 Å². The standard InChI is InChI=1S/C15H21BO5S/c1-14(2)15(3,4)21-16(20-14)11-5-7-12(8-6-11)22(17,18)13-9-19-10-13/h5-8,13H,9-10H2,1-4H3. The monoisotopic (exact) mass is 324 g/mol. The summed E-state index contributed by atoms with van der Waals surface area (Å²) in [6, 6.07) is 6.76. The van der Waals surface area contributed by atoms with Crippen molar-refractivity contribution >= 4 is 22.4 Å². The Bertz CT molecular complexity index is 646. The Morgan fingerprint density at radius 2 is 1.50 bits per heavy atom. The van der Waals surface area contributed by atoms with Gasteiger partial charge in [0, 0.05) is 0 Å². The van der Waals surface area contributed by atoms with Crippen molar-refractivity contribution in [3.05, 3.63) is 24.3 Å². The lowest BCUT2D eigenvalue weighted by molar-refractivity contribution is 0.00578. The van der Waals surface area contributed by atoms with Gasteiger partial charge in [0.2, 0.25) is 0 Å². The highest BCUT2D eigenvalue weighted by Crippen LogP contribution is 2.36. The van der Waals surface area contributed by atoms with E-state index in [1.165, 1.54) is 0 Å². The molecule has 2 aliphatic heterocycles. The molecular weight excluding hydrogens is 303 g/mol. The zero-order valence-corrected chi connectivity index (χ0v) is 14.1. The van der Waals surface area contributed by atoms with E-state index < -0.39 is 33.4 Å². The summed E-state index contributed by atoms with van der Waals surface area (Å²) in [5, 5.41) is -0.421. The summed E-state index contributed by atoms with van der Waals surface area (Å²) in [5.41, 5.74) is -0.000335. The third-order valence-corrected chi connectivity index (χ3v) is 6.86. The lowest BCUT2D eigenvalue weighted by Gasteiger charge is -2.32. The van der Waals surface area contributed by atoms with E-state index >= 15 is 0 Å². The molecule has 1 aromatic rings. The Hall–Kier alpha value is -0.885. The summed E-state index contributed by atoms with van der Waals surface area (Å²) in [6.07, 6.45) is 0. The zero-order chi connectivity index (χ0) is 16.2. The van der Waals surface area contributed by atoms with Gasteiger partial charge in [0.25, 0.3) is 0 Å². The van der Waals surface area contributed by atoms with Crippen LogP contribution in [0.15, 0.2) is 29.2 Å². The van der Waals surface area contributed by atoms with Gasteiger partial charge in [-0.3, -0.25) is 0 Å². The van der Waals surface area contributed by atoms with E-state index in [9.17, 15) is 8.42 Å². The van der Waals surface area contributed by atoms with Gasteiger partial charge in [-0.05, 0) is 45.3 Å². The molecule has 0 aromatic heterocycles. The molecule has 0 N–H and O–H groups in total. The molecule has 2 aliphatic rings. The van der Waals surface area contributed by atoms with Crippen molar-refractivity contribution in [3.63, 3.8) is 0 Å². The molecule has 2 fully saturated rings. The minimum absolute atomic E-state index is 0.279. The maximum atomic E-state index is 12.3. The van der Waals surface area contributed by atoms with Crippen molar-refractivity contribution in [2.24, 2.45) is 0 Å². The average Bonchev–Trinajstić information content (AvgIpc) is 2.56. The van der Waals surface area contributed by atoms with Crippen LogP contribution in [0.3, 0.4) is 0 Å². The molecule has 0 radical (unpaired) electrons. The molecule has 3 rings (SSSR count). The quantitative estimate of drug-likeness (QED) is 0.781. The normalized spacial score (nSPS) is 24.3. The van der Waals surface area contributed by atoms with Crippen LogP contribution in [0.25, 0.3) is 0 Å². The van der Waals surface area contributed by atoms with Crippen LogP contribution in [0.2, 0.25) is 0 Å². The van der Waals surface area contributed by atoms with Crippen molar-refractivity contribution in [1.29, 1.82) is 0 Å². The molecule has 22 heavy (non-hydrogen) atoms. The smallest absolute Gasteiger partial charge is 0.399 e. The maximum Gasteiger partial charge on any atom is 0.494 e. The summed E-state index contributed by atoms with van der Waals surface area (Å²) in [4.78, 5) is 0.320. The van der Waals surface area contributed by atoms with E-state index in [1.807, 2.05) is 27.7 Å². The number of hydrogen-bond acceptors (Lipinski definition) is 5. The summed E-state index contributed by atoms with van der Waals surface area (Å²) >= 11 is 0. The van der Waals surface area contributed by atoms with Gasteiger partial charge >= 0.3 is 7.12 Å². The highest BCUT2D eigenvalue weighted by Gasteiger charge is 2.51. The van der Waals surface area contributed by atoms with E-state index in [2.05, 4.69) is 0 Å². The number of hydrogen-bond donors (Lipinski definition) is 0. The number of benzene rings is 1. The molecule has 0 spiro atoms. The Labute approximate surface area is 132 Å². The van der Waals surface area contributed by atoms with Crippen molar-refractivity contribution < 1.29 is 22.5 Å². The Balaban J connectivity index is 1.81. The molecule has 0 unspecified atom stereocenters. The van der Waals surface area contributed by atoms with Gasteiger partial charge < -0.3 is 14.0 Å². The average molecular weight is 324 g/mol. The van der Waals surface area contributed by atoms with Gasteiger partial charge in [-0.15, -0.1) is 0 Å². The molecular formula is C15H21BO5S. The Morgan fingerprint density at radius 1 is 1.00 bits per heavy atom. The molecule has 7 heteroatoms. The fourth-order valence-corrected chi connectivity index (χ4v) is 3.83. The lowest BCUT2D eigenvalue weighted by atomic mass is 9.79. The summed E-state index contributed by atoms with van der Waals surface area (Å²) < 4.78 is 41.5. The topological polar surface area (TPSA) is 61.8 Å². The highest BCUT2D eigenvalue weighted by atomic mass is 32.2. The number of rotatable bonds is 3. The second kappa shape index (κ2) is 5.06. The predicted molar refractivity (Wildman–Crippen MR) is 84.0 cm³/mol. The van der Waals surface area contributed by atoms with Gasteiger partial charge in [-0.2, -0.15) is 0 Å². The summed E-state index contributed by atoms with van der Waals surface area (Å²) in [7, 11) is -3.77. The van der Waals surface area contributed by atoms with Crippen LogP contribution in [0.4, 0.5) is 0 Å². The van der Waals surface area contributed by atoms with Crippen molar-refractivity contribution in [2.45, 2.75) is 49.0 Å². The molecule has 5 nitrogen and oxygen atoms in total.